The maximum atomic E-state index is 12.9. The molecule has 0 aliphatic carbocycles. The molecule has 0 bridgehead atoms. The largest absolute Gasteiger partial charge is 0.458 e. The van der Waals surface area contributed by atoms with Crippen molar-refractivity contribution in [2.24, 2.45) is 11.3 Å². The molecule has 0 N–H and O–H groups in total. The summed E-state index contributed by atoms with van der Waals surface area (Å²) >= 11 is 0. The number of hydrogen-bond acceptors (Lipinski definition) is 2. The van der Waals surface area contributed by atoms with Gasteiger partial charge in [0, 0.05) is 0 Å². The van der Waals surface area contributed by atoms with E-state index in [-0.39, 0.29) is 13.3 Å². The molecular formula is C12H18F6O2. The molecule has 0 aliphatic heterocycles. The molecule has 0 fully saturated rings. The summed E-state index contributed by atoms with van der Waals surface area (Å²) in [5.41, 5.74) is -6.93. The Morgan fingerprint density at radius 1 is 1.00 bits per heavy atom. The molecule has 0 saturated carbocycles. The molecule has 1 unspecified atom stereocenters. The van der Waals surface area contributed by atoms with Crippen LogP contribution in [0.15, 0.2) is 0 Å². The maximum Gasteiger partial charge on any atom is 0.406 e. The van der Waals surface area contributed by atoms with E-state index in [2.05, 4.69) is 4.74 Å². The fourth-order valence-corrected chi connectivity index (χ4v) is 1.46. The second kappa shape index (κ2) is 5.44. The van der Waals surface area contributed by atoms with E-state index in [1.165, 1.54) is 6.92 Å². The molecule has 1 atom stereocenters. The van der Waals surface area contributed by atoms with Gasteiger partial charge in [-0.25, -0.2) is 0 Å². The van der Waals surface area contributed by atoms with Crippen LogP contribution in [0, 0.1) is 11.3 Å². The summed E-state index contributed by atoms with van der Waals surface area (Å²) in [6.07, 6.45) is -11.0. The van der Waals surface area contributed by atoms with Crippen LogP contribution >= 0.6 is 0 Å². The molecule has 120 valence electrons. The van der Waals surface area contributed by atoms with E-state index in [0.717, 1.165) is 0 Å². The average molecular weight is 308 g/mol. The summed E-state index contributed by atoms with van der Waals surface area (Å²) < 4.78 is 82.0. The van der Waals surface area contributed by atoms with Gasteiger partial charge in [-0.2, -0.15) is 26.3 Å². The van der Waals surface area contributed by atoms with Crippen LogP contribution < -0.4 is 0 Å². The van der Waals surface area contributed by atoms with Gasteiger partial charge in [-0.05, 0) is 27.2 Å². The Kier molecular flexibility index (Phi) is 5.18. The van der Waals surface area contributed by atoms with Crippen LogP contribution in [0.5, 0.6) is 0 Å². The van der Waals surface area contributed by atoms with E-state index in [4.69, 9.17) is 0 Å². The minimum Gasteiger partial charge on any atom is -0.458 e. The normalized spacial score (nSPS) is 15.9. The molecule has 0 aromatic rings. The fraction of sp³-hybridized carbons (Fsp3) is 0.917. The van der Waals surface area contributed by atoms with E-state index in [1.807, 2.05) is 0 Å². The molecule has 0 spiro atoms. The van der Waals surface area contributed by atoms with E-state index >= 15 is 0 Å². The fourth-order valence-electron chi connectivity index (χ4n) is 1.46. The van der Waals surface area contributed by atoms with Crippen LogP contribution in [0.3, 0.4) is 0 Å². The van der Waals surface area contributed by atoms with Gasteiger partial charge in [-0.15, -0.1) is 0 Å². The molecule has 0 rings (SSSR count). The third kappa shape index (κ3) is 3.20. The Balaban J connectivity index is 5.66. The van der Waals surface area contributed by atoms with Crippen molar-refractivity contribution in [1.29, 1.82) is 0 Å². The van der Waals surface area contributed by atoms with Crippen LogP contribution in [0.25, 0.3) is 0 Å². The molecule has 8 heteroatoms. The van der Waals surface area contributed by atoms with Crippen molar-refractivity contribution < 1.29 is 35.9 Å². The highest BCUT2D eigenvalue weighted by Gasteiger charge is 2.75. The Morgan fingerprint density at radius 3 is 1.60 bits per heavy atom. The Bertz CT molecular complexity index is 342. The monoisotopic (exact) mass is 308 g/mol. The summed E-state index contributed by atoms with van der Waals surface area (Å²) in [7, 11) is 0. The first-order valence-corrected chi connectivity index (χ1v) is 5.98. The molecule has 0 aromatic carbocycles. The van der Waals surface area contributed by atoms with Crippen molar-refractivity contribution in [3.05, 3.63) is 0 Å². The van der Waals surface area contributed by atoms with Gasteiger partial charge in [0.25, 0.3) is 0 Å². The quantitative estimate of drug-likeness (QED) is 0.565. The summed E-state index contributed by atoms with van der Waals surface area (Å²) in [6.45, 7) is 4.18. The van der Waals surface area contributed by atoms with Gasteiger partial charge < -0.3 is 4.74 Å². The van der Waals surface area contributed by atoms with E-state index in [9.17, 15) is 31.1 Å². The first-order chi connectivity index (χ1) is 8.62. The number of hydrogen-bond donors (Lipinski definition) is 0. The lowest BCUT2D eigenvalue weighted by Gasteiger charge is -2.45. The molecule has 0 amide bonds. The highest BCUT2D eigenvalue weighted by molar-refractivity contribution is 5.72. The lowest BCUT2D eigenvalue weighted by molar-refractivity contribution is -0.376. The van der Waals surface area contributed by atoms with Crippen molar-refractivity contribution in [2.45, 2.75) is 59.0 Å². The van der Waals surface area contributed by atoms with Crippen LogP contribution in [0.1, 0.15) is 41.0 Å². The van der Waals surface area contributed by atoms with Crippen LogP contribution in [0.2, 0.25) is 0 Å². The van der Waals surface area contributed by atoms with E-state index < -0.39 is 35.3 Å². The smallest absolute Gasteiger partial charge is 0.406 e. The van der Waals surface area contributed by atoms with E-state index in [1.54, 1.807) is 6.92 Å². The zero-order valence-corrected chi connectivity index (χ0v) is 11.9. The molecule has 0 radical (unpaired) electrons. The Hall–Kier alpha value is -0.950. The molecule has 20 heavy (non-hydrogen) atoms. The van der Waals surface area contributed by atoms with Crippen molar-refractivity contribution in [3.63, 3.8) is 0 Å². The number of carbonyl (C=O) groups is 1. The minimum absolute atomic E-state index is 0.00308. The molecule has 0 aliphatic rings. The number of alkyl halides is 6. The van der Waals surface area contributed by atoms with E-state index in [0.29, 0.717) is 13.8 Å². The van der Waals surface area contributed by atoms with Gasteiger partial charge >= 0.3 is 18.3 Å². The summed E-state index contributed by atoms with van der Waals surface area (Å²) in [4.78, 5) is 11.5. The van der Waals surface area contributed by atoms with Crippen LogP contribution in [0.4, 0.5) is 26.3 Å². The molecule has 0 aromatic heterocycles. The highest BCUT2D eigenvalue weighted by Crippen LogP contribution is 2.57. The maximum absolute atomic E-state index is 12.9. The number of rotatable bonds is 4. The number of esters is 1. The van der Waals surface area contributed by atoms with Gasteiger partial charge in [0.1, 0.15) is 5.60 Å². The van der Waals surface area contributed by atoms with Crippen molar-refractivity contribution in [1.82, 2.24) is 0 Å². The first-order valence-electron chi connectivity index (χ1n) is 5.98. The molecule has 2 nitrogen and oxygen atoms in total. The highest BCUT2D eigenvalue weighted by atomic mass is 19.4. The minimum atomic E-state index is -5.61. The van der Waals surface area contributed by atoms with Crippen LogP contribution in [-0.4, -0.2) is 23.9 Å². The second-order valence-corrected chi connectivity index (χ2v) is 5.36. The summed E-state index contributed by atoms with van der Waals surface area (Å²) in [6, 6.07) is 0. The SMILES string of the molecule is CCC(C)C(=O)OC(C)(C)C(C)(C(F)(F)F)C(F)(F)F. The Morgan fingerprint density at radius 2 is 1.35 bits per heavy atom. The van der Waals surface area contributed by atoms with Crippen molar-refractivity contribution in [3.8, 4) is 0 Å². The Labute approximate surface area is 113 Å². The third-order valence-electron chi connectivity index (χ3n) is 3.71. The molecule has 0 saturated heterocycles. The zero-order chi connectivity index (χ0) is 16.6. The first kappa shape index (κ1) is 19.1. The van der Waals surface area contributed by atoms with Crippen LogP contribution in [-0.2, 0) is 9.53 Å². The molecular weight excluding hydrogens is 290 g/mol. The second-order valence-electron chi connectivity index (χ2n) is 5.36. The number of ether oxygens (including phenoxy) is 1. The number of halogens is 6. The zero-order valence-electron chi connectivity index (χ0n) is 11.9. The summed E-state index contributed by atoms with van der Waals surface area (Å²) in [5.74, 6) is -1.86. The average Bonchev–Trinajstić information content (AvgIpc) is 2.22. The third-order valence-corrected chi connectivity index (χ3v) is 3.71. The lowest BCUT2D eigenvalue weighted by atomic mass is 9.73. The van der Waals surface area contributed by atoms with Gasteiger partial charge in [0.05, 0.1) is 5.92 Å². The topological polar surface area (TPSA) is 26.3 Å². The number of carbonyl (C=O) groups excluding carboxylic acids is 1. The van der Waals surface area contributed by atoms with Gasteiger partial charge in [0.2, 0.25) is 0 Å². The van der Waals surface area contributed by atoms with Gasteiger partial charge in [0.15, 0.2) is 5.41 Å². The molecule has 0 heterocycles. The van der Waals surface area contributed by atoms with Gasteiger partial charge in [-0.3, -0.25) is 4.79 Å². The van der Waals surface area contributed by atoms with Gasteiger partial charge in [-0.1, -0.05) is 13.8 Å². The van der Waals surface area contributed by atoms with Crippen molar-refractivity contribution in [2.75, 3.05) is 0 Å². The lowest BCUT2D eigenvalue weighted by Crippen LogP contribution is -2.62. The standard InChI is InChI=1S/C12H18F6O2/c1-6-7(2)8(19)20-9(3,4)10(5,11(13,14)15)12(16,17)18/h7H,6H2,1-5H3. The predicted octanol–water partition coefficient (Wildman–Crippen LogP) is 4.49. The van der Waals surface area contributed by atoms with Crippen molar-refractivity contribution >= 4 is 5.97 Å². The predicted molar refractivity (Wildman–Crippen MR) is 59.8 cm³/mol. The summed E-state index contributed by atoms with van der Waals surface area (Å²) in [5, 5.41) is 0.